The Morgan fingerprint density at radius 1 is 0.446 bits per heavy atom. The van der Waals surface area contributed by atoms with Crippen LogP contribution in [-0.2, 0) is 5.21 Å². The fraction of sp³-hybridized carbons (Fsp3) is 0.0488. The monoisotopic (exact) mass is 710 g/mol. The molecule has 15 heteroatoms. The molecule has 258 valence electrons. The van der Waals surface area contributed by atoms with Crippen molar-refractivity contribution >= 4 is 170 Å². The summed E-state index contributed by atoms with van der Waals surface area (Å²) in [6.07, 6.45) is 0. The quantitative estimate of drug-likeness (QED) is 0.138. The van der Waals surface area contributed by atoms with Crippen LogP contribution in [0.15, 0.2) is 103 Å². The SMILES string of the molecule is Bc1c(B)c(B)c2c(-n3c(C(B)(B)C(B)(B)O)nc4ccccc43)c3c(B)c(B)c(B)c(B)c3c(-c3cc(-c4ccccc4)cc(-c4ccccc4)c3)c2c1B. The van der Waals surface area contributed by atoms with E-state index in [0.717, 1.165) is 22.5 Å². The minimum absolute atomic E-state index is 0.705. The third-order valence-electron chi connectivity index (χ3n) is 13.7. The number of imidazole rings is 1. The summed E-state index contributed by atoms with van der Waals surface area (Å²) in [6.45, 7) is 0. The molecule has 7 aromatic carbocycles. The lowest BCUT2D eigenvalue weighted by atomic mass is 9.35. The molecule has 0 amide bonds. The number of fused-ring (bicyclic) bond motifs is 3. The first-order chi connectivity index (χ1) is 26.5. The van der Waals surface area contributed by atoms with Crippen molar-refractivity contribution in [3.05, 3.63) is 109 Å². The number of benzene rings is 7. The van der Waals surface area contributed by atoms with E-state index in [1.807, 2.05) is 15.7 Å². The van der Waals surface area contributed by atoms with Crippen LogP contribution in [0.4, 0.5) is 0 Å². The highest BCUT2D eigenvalue weighted by atomic mass is 16.3. The molecule has 1 heterocycles. The summed E-state index contributed by atoms with van der Waals surface area (Å²) in [4.78, 5) is 5.40. The van der Waals surface area contributed by atoms with Gasteiger partial charge in [-0.25, -0.2) is 4.98 Å². The van der Waals surface area contributed by atoms with E-state index in [9.17, 15) is 5.11 Å². The summed E-state index contributed by atoms with van der Waals surface area (Å²) in [7, 11) is 26.5. The smallest absolute Gasteiger partial charge is 0.139 e. The van der Waals surface area contributed by atoms with Gasteiger partial charge in [0.05, 0.1) is 16.7 Å². The van der Waals surface area contributed by atoms with Crippen LogP contribution >= 0.6 is 0 Å². The maximum Gasteiger partial charge on any atom is 0.139 e. The average molecular weight is 709 g/mol. The molecule has 8 aromatic rings. The molecule has 0 saturated heterocycles. The van der Waals surface area contributed by atoms with Crippen molar-refractivity contribution in [3.63, 3.8) is 0 Å². The van der Waals surface area contributed by atoms with Gasteiger partial charge in [-0.15, -0.1) is 21.9 Å². The molecule has 1 aromatic heterocycles. The van der Waals surface area contributed by atoms with E-state index in [1.54, 1.807) is 0 Å². The number of hydrogen-bond acceptors (Lipinski definition) is 2. The Hall–Kier alpha value is -4.73. The molecular formula is C41H42B12N2O. The van der Waals surface area contributed by atoms with Gasteiger partial charge >= 0.3 is 0 Å². The van der Waals surface area contributed by atoms with Gasteiger partial charge in [-0.3, -0.25) is 4.57 Å². The molecule has 3 nitrogen and oxygen atoms in total. The Bertz CT molecular complexity index is 2770. The highest BCUT2D eigenvalue weighted by Crippen LogP contribution is 2.43. The van der Waals surface area contributed by atoms with Gasteiger partial charge in [-0.05, 0) is 95.9 Å². The number of nitrogens with zero attached hydrogens (tertiary/aromatic N) is 2. The van der Waals surface area contributed by atoms with Gasteiger partial charge in [-0.1, -0.05) is 94.6 Å². The van der Waals surface area contributed by atoms with Crippen LogP contribution in [0.3, 0.4) is 0 Å². The van der Waals surface area contributed by atoms with E-state index in [4.69, 9.17) is 4.98 Å². The number of aliphatic hydroxyl groups is 1. The fourth-order valence-electron chi connectivity index (χ4n) is 8.92. The van der Waals surface area contributed by atoms with Crippen LogP contribution in [0.1, 0.15) is 5.82 Å². The Morgan fingerprint density at radius 3 is 1.29 bits per heavy atom. The second-order valence-corrected chi connectivity index (χ2v) is 17.2. The maximum absolute atomic E-state index is 11.9. The molecule has 0 aliphatic carbocycles. The van der Waals surface area contributed by atoms with Crippen LogP contribution in [0.5, 0.6) is 0 Å². The van der Waals surface area contributed by atoms with E-state index in [2.05, 4.69) is 186 Å². The third-order valence-corrected chi connectivity index (χ3v) is 13.7. The van der Waals surface area contributed by atoms with Gasteiger partial charge in [0.25, 0.3) is 0 Å². The maximum atomic E-state index is 11.9. The van der Waals surface area contributed by atoms with Crippen molar-refractivity contribution in [2.75, 3.05) is 0 Å². The van der Waals surface area contributed by atoms with Crippen molar-refractivity contribution in [3.8, 4) is 39.1 Å². The van der Waals surface area contributed by atoms with Crippen molar-refractivity contribution in [2.24, 2.45) is 0 Å². The second-order valence-electron chi connectivity index (χ2n) is 17.2. The van der Waals surface area contributed by atoms with Gasteiger partial charge in [0.1, 0.15) is 100.0 Å². The molecule has 0 saturated carbocycles. The Balaban J connectivity index is 1.69. The van der Waals surface area contributed by atoms with Crippen LogP contribution in [0.25, 0.3) is 71.6 Å². The molecule has 56 heavy (non-hydrogen) atoms. The minimum atomic E-state index is -1.06. The van der Waals surface area contributed by atoms with E-state index in [1.165, 1.54) is 98.6 Å². The number of para-hydroxylation sites is 2. The first kappa shape index (κ1) is 38.2. The lowest BCUT2D eigenvalue weighted by molar-refractivity contribution is 0.189. The molecule has 0 bridgehead atoms. The van der Waals surface area contributed by atoms with E-state index in [-0.39, 0.29) is 0 Å². The van der Waals surface area contributed by atoms with Crippen LogP contribution in [0, 0.1) is 0 Å². The number of rotatable bonds is 6. The van der Waals surface area contributed by atoms with E-state index >= 15 is 0 Å². The zero-order chi connectivity index (χ0) is 40.0. The van der Waals surface area contributed by atoms with Crippen LogP contribution in [0.2, 0.25) is 0 Å². The molecule has 0 aliphatic heterocycles. The van der Waals surface area contributed by atoms with Gasteiger partial charge in [0, 0.05) is 0 Å². The van der Waals surface area contributed by atoms with Crippen molar-refractivity contribution in [1.29, 1.82) is 0 Å². The predicted molar refractivity (Wildman–Crippen MR) is 279 cm³/mol. The predicted octanol–water partition coefficient (Wildman–Crippen LogP) is -8.27. The van der Waals surface area contributed by atoms with Crippen LogP contribution < -0.4 is 43.7 Å². The molecule has 0 radical (unpaired) electrons. The molecule has 0 atom stereocenters. The Morgan fingerprint density at radius 2 is 0.839 bits per heavy atom. The van der Waals surface area contributed by atoms with Crippen LogP contribution in [-0.4, -0.2) is 114 Å². The van der Waals surface area contributed by atoms with E-state index in [0.29, 0.717) is 0 Å². The van der Waals surface area contributed by atoms with E-state index < -0.39 is 10.6 Å². The first-order valence-corrected chi connectivity index (χ1v) is 20.0. The topological polar surface area (TPSA) is 38.0 Å². The molecule has 0 fully saturated rings. The van der Waals surface area contributed by atoms with Crippen molar-refractivity contribution < 1.29 is 5.11 Å². The first-order valence-electron chi connectivity index (χ1n) is 20.0. The number of aromatic nitrogens is 2. The highest BCUT2D eigenvalue weighted by Gasteiger charge is 2.41. The molecular weight excluding hydrogens is 666 g/mol. The van der Waals surface area contributed by atoms with Gasteiger partial charge in [0.15, 0.2) is 0 Å². The summed E-state index contributed by atoms with van der Waals surface area (Å²) in [5.74, 6) is 0.851. The average Bonchev–Trinajstić information content (AvgIpc) is 3.59. The summed E-state index contributed by atoms with van der Waals surface area (Å²) >= 11 is 0. The van der Waals surface area contributed by atoms with Gasteiger partial charge in [-0.2, -0.15) is 0 Å². The zero-order valence-corrected chi connectivity index (χ0v) is 35.2. The second kappa shape index (κ2) is 13.7. The largest absolute Gasteiger partial charge is 0.408 e. The normalized spacial score (nSPS) is 12.2. The minimum Gasteiger partial charge on any atom is -0.408 e. The molecule has 1 N–H and O–H groups in total. The molecule has 8 rings (SSSR count). The summed E-state index contributed by atoms with van der Waals surface area (Å²) in [5, 5.41) is 15.1. The Kier molecular flexibility index (Phi) is 9.36. The summed E-state index contributed by atoms with van der Waals surface area (Å²) in [6, 6.07) is 37.2. The molecule has 0 aliphatic rings. The van der Waals surface area contributed by atoms with Crippen molar-refractivity contribution in [1.82, 2.24) is 9.55 Å². The zero-order valence-electron chi connectivity index (χ0n) is 35.2. The Labute approximate surface area is 342 Å². The summed E-state index contributed by atoms with van der Waals surface area (Å²) in [5.41, 5.74) is 20.7. The van der Waals surface area contributed by atoms with Crippen molar-refractivity contribution in [2.45, 2.75) is 10.6 Å². The number of hydrogen-bond donors (Lipinski definition) is 1. The molecule has 0 spiro atoms. The van der Waals surface area contributed by atoms with Gasteiger partial charge in [0.2, 0.25) is 0 Å². The molecule has 0 unspecified atom stereocenters. The van der Waals surface area contributed by atoms with Gasteiger partial charge < -0.3 is 5.11 Å². The lowest BCUT2D eigenvalue weighted by Gasteiger charge is -2.38. The standard InChI is InChI=1S/C41H42B12N2O/c42-30-26-25(22-16-20(18-9-3-1-4-10-18)15-21(17-22)19-11-5-2-6-12-19)27-29(33(45)37(49)35(47)31(27)43)38(28(26)32(44)36(48)34(30)46)55-24-14-8-7-13-23(24)54-39(55)40(50,51)41(52,53)56/h1-17,56H,42-53H2. The summed E-state index contributed by atoms with van der Waals surface area (Å²) < 4.78 is 2.42. The lowest BCUT2D eigenvalue weighted by Crippen LogP contribution is -2.55. The highest BCUT2D eigenvalue weighted by molar-refractivity contribution is 6.71. The third kappa shape index (κ3) is 5.75. The fourth-order valence-corrected chi connectivity index (χ4v) is 8.92.